The Morgan fingerprint density at radius 3 is 2.40 bits per heavy atom. The zero-order chi connectivity index (χ0) is 20.5. The molecule has 1 fully saturated rings. The van der Waals surface area contributed by atoms with Gasteiger partial charge in [-0.1, -0.05) is 24.3 Å². The first-order valence-corrected chi connectivity index (χ1v) is 10.6. The van der Waals surface area contributed by atoms with Gasteiger partial charge in [-0.2, -0.15) is 0 Å². The maximum Gasteiger partial charge on any atom is 0.191 e. The smallest absolute Gasteiger partial charge is 0.191 e. The highest BCUT2D eigenvalue weighted by Gasteiger charge is 2.21. The minimum atomic E-state index is 0. The Balaban J connectivity index is 0.00000320. The lowest BCUT2D eigenvalue weighted by Gasteiger charge is -2.35. The zero-order valence-electron chi connectivity index (χ0n) is 18.3. The van der Waals surface area contributed by atoms with Crippen molar-refractivity contribution >= 4 is 29.9 Å². The highest BCUT2D eigenvalue weighted by Crippen LogP contribution is 2.15. The van der Waals surface area contributed by atoms with E-state index in [-0.39, 0.29) is 24.0 Å². The summed E-state index contributed by atoms with van der Waals surface area (Å²) in [6, 6.07) is 12.7. The average Bonchev–Trinajstić information content (AvgIpc) is 3.20. The van der Waals surface area contributed by atoms with Gasteiger partial charge in [0.15, 0.2) is 5.96 Å². The van der Waals surface area contributed by atoms with E-state index in [2.05, 4.69) is 60.6 Å². The number of rotatable bonds is 8. The zero-order valence-corrected chi connectivity index (χ0v) is 20.6. The number of ether oxygens (including phenoxy) is 1. The Morgan fingerprint density at radius 1 is 1.07 bits per heavy atom. The predicted molar refractivity (Wildman–Crippen MR) is 132 cm³/mol. The van der Waals surface area contributed by atoms with Gasteiger partial charge in [-0.25, -0.2) is 4.99 Å². The van der Waals surface area contributed by atoms with Crippen molar-refractivity contribution in [2.24, 2.45) is 4.99 Å². The van der Waals surface area contributed by atoms with Crippen LogP contribution < -0.4 is 10.6 Å². The van der Waals surface area contributed by atoms with Crippen molar-refractivity contribution in [3.63, 3.8) is 0 Å². The van der Waals surface area contributed by atoms with Crippen LogP contribution in [0.25, 0.3) is 0 Å². The predicted octanol–water partition coefficient (Wildman–Crippen LogP) is 3.80. The summed E-state index contributed by atoms with van der Waals surface area (Å²) in [7, 11) is 0. The summed E-state index contributed by atoms with van der Waals surface area (Å²) in [6.07, 6.45) is 3.15. The molecule has 2 N–H and O–H groups in total. The van der Waals surface area contributed by atoms with E-state index in [0.29, 0.717) is 18.8 Å². The number of hydrogen-bond donors (Lipinski definition) is 2. The molecule has 2 unspecified atom stereocenters. The van der Waals surface area contributed by atoms with Crippen molar-refractivity contribution in [1.82, 2.24) is 15.5 Å². The molecule has 6 nitrogen and oxygen atoms in total. The molecule has 1 saturated heterocycles. The molecule has 3 rings (SSSR count). The molecule has 2 heterocycles. The molecule has 1 aromatic carbocycles. The third kappa shape index (κ3) is 8.28. The summed E-state index contributed by atoms with van der Waals surface area (Å²) in [5.74, 6) is 1.81. The normalized spacial score (nSPS) is 19.9. The van der Waals surface area contributed by atoms with E-state index in [1.54, 1.807) is 6.26 Å². The van der Waals surface area contributed by atoms with Crippen molar-refractivity contribution in [2.45, 2.75) is 52.5 Å². The summed E-state index contributed by atoms with van der Waals surface area (Å²) in [6.45, 7) is 11.6. The molecule has 0 amide bonds. The van der Waals surface area contributed by atoms with E-state index in [1.165, 1.54) is 11.1 Å². The van der Waals surface area contributed by atoms with Crippen molar-refractivity contribution in [3.8, 4) is 0 Å². The highest BCUT2D eigenvalue weighted by atomic mass is 127. The summed E-state index contributed by atoms with van der Waals surface area (Å²) in [4.78, 5) is 7.18. The lowest BCUT2D eigenvalue weighted by Crippen LogP contribution is -2.44. The van der Waals surface area contributed by atoms with Crippen molar-refractivity contribution < 1.29 is 9.15 Å². The Hall–Kier alpha value is -1.58. The van der Waals surface area contributed by atoms with E-state index in [9.17, 15) is 0 Å². The van der Waals surface area contributed by atoms with Crippen LogP contribution in [0.3, 0.4) is 0 Å². The van der Waals surface area contributed by atoms with Gasteiger partial charge in [-0.15, -0.1) is 24.0 Å². The molecule has 0 aliphatic carbocycles. The van der Waals surface area contributed by atoms with Gasteiger partial charge in [0.2, 0.25) is 0 Å². The quantitative estimate of drug-likeness (QED) is 0.311. The van der Waals surface area contributed by atoms with E-state index in [0.717, 1.165) is 50.9 Å². The molecule has 1 aromatic heterocycles. The van der Waals surface area contributed by atoms with Crippen molar-refractivity contribution in [3.05, 3.63) is 59.5 Å². The molecule has 1 aliphatic heterocycles. The molecule has 2 atom stereocenters. The fourth-order valence-corrected chi connectivity index (χ4v) is 3.69. The maximum atomic E-state index is 5.82. The molecule has 0 saturated carbocycles. The molecular weight excluding hydrogens is 491 g/mol. The lowest BCUT2D eigenvalue weighted by atomic mass is 10.1. The minimum Gasteiger partial charge on any atom is -0.469 e. The van der Waals surface area contributed by atoms with Crippen LogP contribution in [0.5, 0.6) is 0 Å². The Morgan fingerprint density at radius 2 is 1.77 bits per heavy atom. The second-order valence-corrected chi connectivity index (χ2v) is 7.72. The third-order valence-electron chi connectivity index (χ3n) is 4.93. The number of furan rings is 1. The molecule has 0 radical (unpaired) electrons. The highest BCUT2D eigenvalue weighted by molar-refractivity contribution is 14.0. The van der Waals surface area contributed by atoms with Gasteiger partial charge >= 0.3 is 0 Å². The fourth-order valence-electron chi connectivity index (χ4n) is 3.69. The number of aliphatic imine (C=N–C) groups is 1. The van der Waals surface area contributed by atoms with Crippen LogP contribution in [0.1, 0.15) is 37.7 Å². The standard InChI is InChI=1S/C23H34N4O2.HI/c1-4-24-23(25-12-11-22-6-5-13-28-22)26-14-20-7-9-21(10-8-20)17-27-15-18(2)29-19(3)16-27;/h5-10,13,18-19H,4,11-12,14-17H2,1-3H3,(H2,24,25,26);1H. The summed E-state index contributed by atoms with van der Waals surface area (Å²) < 4.78 is 11.2. The summed E-state index contributed by atoms with van der Waals surface area (Å²) in [5, 5.41) is 6.66. The van der Waals surface area contributed by atoms with E-state index < -0.39 is 0 Å². The molecule has 2 aromatic rings. The van der Waals surface area contributed by atoms with Crippen LogP contribution in [0.15, 0.2) is 52.1 Å². The van der Waals surface area contributed by atoms with Gasteiger partial charge in [0, 0.05) is 39.1 Å². The second kappa shape index (κ2) is 13.0. The third-order valence-corrected chi connectivity index (χ3v) is 4.93. The molecule has 30 heavy (non-hydrogen) atoms. The summed E-state index contributed by atoms with van der Waals surface area (Å²) >= 11 is 0. The number of hydrogen-bond acceptors (Lipinski definition) is 4. The fraction of sp³-hybridized carbons (Fsp3) is 0.522. The van der Waals surface area contributed by atoms with E-state index >= 15 is 0 Å². The second-order valence-electron chi connectivity index (χ2n) is 7.72. The number of guanidine groups is 1. The van der Waals surface area contributed by atoms with E-state index in [1.807, 2.05) is 12.1 Å². The Labute approximate surface area is 197 Å². The van der Waals surface area contributed by atoms with Gasteiger partial charge in [-0.3, -0.25) is 4.90 Å². The molecule has 1 aliphatic rings. The van der Waals surface area contributed by atoms with Gasteiger partial charge in [0.1, 0.15) is 5.76 Å². The first kappa shape index (κ1) is 24.7. The van der Waals surface area contributed by atoms with E-state index in [4.69, 9.17) is 14.1 Å². The Bertz CT molecular complexity index is 739. The minimum absolute atomic E-state index is 0. The molecule has 7 heteroatoms. The molecule has 0 bridgehead atoms. The number of nitrogens with one attached hydrogen (secondary N) is 2. The molecule has 0 spiro atoms. The van der Waals surface area contributed by atoms with Crippen molar-refractivity contribution in [1.29, 1.82) is 0 Å². The van der Waals surface area contributed by atoms with Gasteiger partial charge in [-0.05, 0) is 44.0 Å². The van der Waals surface area contributed by atoms with Crippen LogP contribution in [-0.4, -0.2) is 49.2 Å². The monoisotopic (exact) mass is 526 g/mol. The summed E-state index contributed by atoms with van der Waals surface area (Å²) in [5.41, 5.74) is 2.54. The van der Waals surface area contributed by atoms with Crippen LogP contribution in [0, 0.1) is 0 Å². The first-order chi connectivity index (χ1) is 14.1. The number of halogens is 1. The number of benzene rings is 1. The molecule has 166 valence electrons. The van der Waals surface area contributed by atoms with Crippen LogP contribution in [0.4, 0.5) is 0 Å². The largest absolute Gasteiger partial charge is 0.469 e. The first-order valence-electron chi connectivity index (χ1n) is 10.6. The topological polar surface area (TPSA) is 62.0 Å². The SMILES string of the molecule is CCNC(=NCc1ccc(CN2CC(C)OC(C)C2)cc1)NCCc1ccco1.I. The van der Waals surface area contributed by atoms with Gasteiger partial charge < -0.3 is 19.8 Å². The number of morpholine rings is 1. The van der Waals surface area contributed by atoms with Crippen molar-refractivity contribution in [2.75, 3.05) is 26.2 Å². The van der Waals surface area contributed by atoms with Crippen LogP contribution in [-0.2, 0) is 24.2 Å². The number of nitrogens with zero attached hydrogens (tertiary/aromatic N) is 2. The van der Waals surface area contributed by atoms with Gasteiger partial charge in [0.25, 0.3) is 0 Å². The van der Waals surface area contributed by atoms with Gasteiger partial charge in [0.05, 0.1) is 25.0 Å². The average molecular weight is 526 g/mol. The molecular formula is C23H35IN4O2. The Kier molecular flexibility index (Phi) is 10.7. The maximum absolute atomic E-state index is 5.82. The van der Waals surface area contributed by atoms with Crippen LogP contribution >= 0.6 is 24.0 Å². The lowest BCUT2D eigenvalue weighted by molar-refractivity contribution is -0.0704. The van der Waals surface area contributed by atoms with Crippen LogP contribution in [0.2, 0.25) is 0 Å².